The second kappa shape index (κ2) is 11.6. The molecule has 2 unspecified atom stereocenters. The van der Waals surface area contributed by atoms with Gasteiger partial charge >= 0.3 is 6.01 Å². The largest absolute Gasteiger partial charge is 0.461 e. The molecule has 242 valence electrons. The second-order valence-electron chi connectivity index (χ2n) is 12.3. The molecule has 0 radical (unpaired) electrons. The summed E-state index contributed by atoms with van der Waals surface area (Å²) in [5.41, 5.74) is 7.70. The van der Waals surface area contributed by atoms with Gasteiger partial charge in [0, 0.05) is 55.1 Å². The summed E-state index contributed by atoms with van der Waals surface area (Å²) in [7, 11) is 0. The Morgan fingerprint density at radius 2 is 1.98 bits per heavy atom. The maximum atomic E-state index is 17.3. The van der Waals surface area contributed by atoms with E-state index in [9.17, 15) is 14.8 Å². The van der Waals surface area contributed by atoms with E-state index in [1.807, 2.05) is 10.8 Å². The third-order valence-corrected chi connectivity index (χ3v) is 10.3. The lowest BCUT2D eigenvalue weighted by molar-refractivity contribution is 0.111. The number of imidazole rings is 1. The number of ether oxygens (including phenoxy) is 2. The second-order valence-corrected chi connectivity index (χ2v) is 13.4. The van der Waals surface area contributed by atoms with E-state index in [-0.39, 0.29) is 75.3 Å². The highest BCUT2D eigenvalue weighted by Crippen LogP contribution is 2.48. The minimum Gasteiger partial charge on any atom is -0.461 e. The Bertz CT molecular complexity index is 2050. The summed E-state index contributed by atoms with van der Waals surface area (Å²) in [4.78, 5) is 22.5. The smallest absolute Gasteiger partial charge is 0.319 e. The van der Waals surface area contributed by atoms with Gasteiger partial charge in [-0.2, -0.15) is 15.2 Å². The van der Waals surface area contributed by atoms with Gasteiger partial charge < -0.3 is 29.8 Å². The van der Waals surface area contributed by atoms with Crippen LogP contribution in [0.5, 0.6) is 6.01 Å². The van der Waals surface area contributed by atoms with E-state index in [0.29, 0.717) is 29.9 Å². The van der Waals surface area contributed by atoms with Crippen LogP contribution >= 0.6 is 11.3 Å². The van der Waals surface area contributed by atoms with Crippen LogP contribution in [0.1, 0.15) is 36.5 Å². The Morgan fingerprint density at radius 1 is 1.19 bits per heavy atom. The number of anilines is 2. The molecule has 2 saturated heterocycles. The molecule has 8 rings (SSSR count). The van der Waals surface area contributed by atoms with Gasteiger partial charge in [-0.1, -0.05) is 0 Å². The average Bonchev–Trinajstić information content (AvgIpc) is 3.84. The van der Waals surface area contributed by atoms with Gasteiger partial charge in [0.2, 0.25) is 0 Å². The SMILES string of the molecule is C[C@@H](O)CN1CC2CCC(C1)N2c1nc(OCCn2ccnc2)nc2c(F)c(-c3ncc(F)c4sc(N)c(C#N)c34)c3c(c12)COC3. The predicted octanol–water partition coefficient (Wildman–Crippen LogP) is 3.98. The molecular formula is C32H31F2N9O3S. The molecule has 1 aromatic carbocycles. The molecule has 0 aliphatic carbocycles. The van der Waals surface area contributed by atoms with Crippen LogP contribution in [0.2, 0.25) is 0 Å². The van der Waals surface area contributed by atoms with Gasteiger partial charge in [-0.3, -0.25) is 9.88 Å². The normalized spacial score (nSPS) is 19.9. The molecule has 0 saturated carbocycles. The number of β-amino-alcohol motifs (C(OH)–C–C–N with tert-alkyl or cyclic N) is 1. The number of nitrogen functional groups attached to an aromatic ring is 1. The highest BCUT2D eigenvalue weighted by atomic mass is 32.1. The van der Waals surface area contributed by atoms with Crippen molar-refractivity contribution in [2.45, 2.75) is 57.7 Å². The third-order valence-electron chi connectivity index (χ3n) is 9.27. The zero-order chi connectivity index (χ0) is 32.4. The van der Waals surface area contributed by atoms with Crippen molar-refractivity contribution in [1.29, 1.82) is 5.26 Å². The van der Waals surface area contributed by atoms with Crippen LogP contribution in [0.3, 0.4) is 0 Å². The number of nitrogens with zero attached hydrogens (tertiary/aromatic N) is 8. The Hall–Kier alpha value is -4.49. The van der Waals surface area contributed by atoms with Crippen molar-refractivity contribution < 1.29 is 23.4 Å². The molecule has 15 heteroatoms. The number of pyridine rings is 1. The van der Waals surface area contributed by atoms with Gasteiger partial charge in [0.15, 0.2) is 11.6 Å². The Morgan fingerprint density at radius 3 is 2.70 bits per heavy atom. The number of rotatable bonds is 8. The van der Waals surface area contributed by atoms with Crippen molar-refractivity contribution in [2.24, 2.45) is 0 Å². The summed E-state index contributed by atoms with van der Waals surface area (Å²) >= 11 is 0.932. The van der Waals surface area contributed by atoms with Crippen LogP contribution in [0.15, 0.2) is 24.9 Å². The molecule has 2 bridgehead atoms. The quantitative estimate of drug-likeness (QED) is 0.249. The van der Waals surface area contributed by atoms with Gasteiger partial charge in [-0.15, -0.1) is 11.3 Å². The summed E-state index contributed by atoms with van der Waals surface area (Å²) in [6.45, 7) is 4.82. The number of likely N-dealkylation sites (tertiary alicyclic amines) is 1. The minimum atomic E-state index is -0.679. The van der Waals surface area contributed by atoms with Gasteiger partial charge in [0.25, 0.3) is 0 Å². The monoisotopic (exact) mass is 659 g/mol. The van der Waals surface area contributed by atoms with Crippen molar-refractivity contribution in [3.63, 3.8) is 0 Å². The molecule has 3 aliphatic heterocycles. The third kappa shape index (κ3) is 4.94. The van der Waals surface area contributed by atoms with Crippen LogP contribution in [0.25, 0.3) is 32.2 Å². The lowest BCUT2D eigenvalue weighted by Crippen LogP contribution is -2.55. The number of aliphatic hydroxyl groups is 1. The topological polar surface area (TPSA) is 151 Å². The zero-order valence-corrected chi connectivity index (χ0v) is 26.3. The molecule has 3 atom stereocenters. The maximum Gasteiger partial charge on any atom is 0.319 e. The van der Waals surface area contributed by atoms with Crippen molar-refractivity contribution in [3.05, 3.63) is 53.2 Å². The minimum absolute atomic E-state index is 0.0249. The molecule has 12 nitrogen and oxygen atoms in total. The van der Waals surface area contributed by atoms with Crippen LogP contribution in [-0.4, -0.2) is 78.9 Å². The number of hydrogen-bond acceptors (Lipinski definition) is 12. The number of benzene rings is 1. The summed E-state index contributed by atoms with van der Waals surface area (Å²) in [6.07, 6.45) is 7.61. The molecule has 3 aliphatic rings. The summed E-state index contributed by atoms with van der Waals surface area (Å²) < 4.78 is 46.2. The van der Waals surface area contributed by atoms with E-state index < -0.39 is 17.7 Å². The predicted molar refractivity (Wildman–Crippen MR) is 171 cm³/mol. The van der Waals surface area contributed by atoms with Crippen molar-refractivity contribution in [1.82, 2.24) is 29.4 Å². The summed E-state index contributed by atoms with van der Waals surface area (Å²) in [6, 6.07) is 2.27. The molecule has 2 fully saturated rings. The Labute approximate surface area is 272 Å². The van der Waals surface area contributed by atoms with Crippen LogP contribution in [-0.2, 0) is 24.5 Å². The van der Waals surface area contributed by atoms with E-state index >= 15 is 4.39 Å². The van der Waals surface area contributed by atoms with Gasteiger partial charge in [-0.05, 0) is 30.9 Å². The number of nitrogens with two attached hydrogens (primary N) is 1. The van der Waals surface area contributed by atoms with Gasteiger partial charge in [-0.25, -0.2) is 13.8 Å². The first-order valence-electron chi connectivity index (χ1n) is 15.5. The van der Waals surface area contributed by atoms with E-state index in [1.54, 1.807) is 19.4 Å². The number of halogens is 2. The fourth-order valence-electron chi connectivity index (χ4n) is 7.40. The maximum absolute atomic E-state index is 17.3. The number of thiophene rings is 1. The first-order chi connectivity index (χ1) is 22.8. The van der Waals surface area contributed by atoms with E-state index in [2.05, 4.69) is 30.8 Å². The van der Waals surface area contributed by atoms with Crippen molar-refractivity contribution in [3.8, 4) is 23.3 Å². The molecule has 4 aromatic heterocycles. The zero-order valence-electron chi connectivity index (χ0n) is 25.5. The van der Waals surface area contributed by atoms with E-state index in [4.69, 9.17) is 20.2 Å². The first-order valence-corrected chi connectivity index (χ1v) is 16.3. The fourth-order valence-corrected chi connectivity index (χ4v) is 8.32. The summed E-state index contributed by atoms with van der Waals surface area (Å²) in [5.74, 6) is -0.736. The number of aromatic nitrogens is 5. The van der Waals surface area contributed by atoms with Crippen LogP contribution in [0.4, 0.5) is 19.6 Å². The standard InChI is InChI=1S/C32H31F2N9O3S/c1-16(44)10-42-11-17-2-3-18(12-42)43(17)31-25-21-14-45-13-20(21)23(27-24-19(8-35)30(36)47-29(24)22(33)9-38-27)26(34)28(25)39-32(40-31)46-7-6-41-5-4-37-15-41/h4-5,9,15-18,44H,2-3,6-7,10-14,36H2,1H3/t16-,17?,18?/m1/s1. The Kier molecular flexibility index (Phi) is 7.40. The lowest BCUT2D eigenvalue weighted by atomic mass is 9.93. The molecule has 7 heterocycles. The number of aliphatic hydroxyl groups excluding tert-OH is 1. The number of nitriles is 1. The average molecular weight is 660 g/mol. The lowest BCUT2D eigenvalue weighted by Gasteiger charge is -2.42. The van der Waals surface area contributed by atoms with Crippen LogP contribution < -0.4 is 15.4 Å². The van der Waals surface area contributed by atoms with Crippen LogP contribution in [0, 0.1) is 23.0 Å². The van der Waals surface area contributed by atoms with E-state index in [1.165, 1.54) is 0 Å². The molecule has 3 N–H and O–H groups in total. The fraction of sp³-hybridized carbons (Fsp3) is 0.406. The molecule has 0 amide bonds. The van der Waals surface area contributed by atoms with E-state index in [0.717, 1.165) is 49.0 Å². The van der Waals surface area contributed by atoms with Crippen molar-refractivity contribution >= 4 is 43.1 Å². The first kappa shape index (κ1) is 29.9. The summed E-state index contributed by atoms with van der Waals surface area (Å²) in [5, 5.41) is 20.9. The molecular weight excluding hydrogens is 628 g/mol. The highest BCUT2D eigenvalue weighted by Gasteiger charge is 2.43. The number of fused-ring (bicyclic) bond motifs is 6. The number of piperazine rings is 1. The molecule has 47 heavy (non-hydrogen) atoms. The Balaban J connectivity index is 1.33. The molecule has 0 spiro atoms. The molecule has 5 aromatic rings. The highest BCUT2D eigenvalue weighted by molar-refractivity contribution is 7.23. The van der Waals surface area contributed by atoms with Crippen molar-refractivity contribution in [2.75, 3.05) is 36.9 Å². The van der Waals surface area contributed by atoms with Gasteiger partial charge in [0.1, 0.15) is 29.0 Å². The van der Waals surface area contributed by atoms with Gasteiger partial charge in [0.05, 0.1) is 59.7 Å². The number of hydrogen-bond donors (Lipinski definition) is 2.